The number of morpholine rings is 1. The van der Waals surface area contributed by atoms with Gasteiger partial charge in [0.2, 0.25) is 15.9 Å². The molecular formula is C15H22N2O4S2. The van der Waals surface area contributed by atoms with Gasteiger partial charge in [-0.2, -0.15) is 4.31 Å². The second kappa shape index (κ2) is 8.05. The van der Waals surface area contributed by atoms with Gasteiger partial charge in [-0.25, -0.2) is 8.42 Å². The number of carbonyl (C=O) groups excluding carboxylic acids is 1. The van der Waals surface area contributed by atoms with Crippen LogP contribution in [0.15, 0.2) is 23.6 Å². The van der Waals surface area contributed by atoms with E-state index in [1.807, 2.05) is 31.4 Å². The summed E-state index contributed by atoms with van der Waals surface area (Å²) in [6, 6.07) is 3.80. The molecule has 6 nitrogen and oxygen atoms in total. The van der Waals surface area contributed by atoms with Gasteiger partial charge in [0.1, 0.15) is 0 Å². The highest BCUT2D eigenvalue weighted by molar-refractivity contribution is 7.89. The van der Waals surface area contributed by atoms with Crippen molar-refractivity contribution < 1.29 is 17.9 Å². The second-order valence-corrected chi connectivity index (χ2v) is 8.60. The SMILES string of the molecule is CC1CN(S(=O)(=O)CCNC(=O)C=Cc2cccs2)CC(C)O1. The number of sulfonamides is 1. The molecule has 2 heterocycles. The number of ether oxygens (including phenoxy) is 1. The molecule has 0 bridgehead atoms. The zero-order valence-corrected chi connectivity index (χ0v) is 14.9. The van der Waals surface area contributed by atoms with Crippen molar-refractivity contribution in [3.63, 3.8) is 0 Å². The number of thiophene rings is 1. The molecule has 1 aromatic rings. The van der Waals surface area contributed by atoms with Gasteiger partial charge in [0.15, 0.2) is 0 Å². The van der Waals surface area contributed by atoms with Crippen LogP contribution in [0.3, 0.4) is 0 Å². The number of amides is 1. The first kappa shape index (κ1) is 18.1. The average Bonchev–Trinajstić information content (AvgIpc) is 2.97. The molecule has 23 heavy (non-hydrogen) atoms. The van der Waals surface area contributed by atoms with E-state index in [0.717, 1.165) is 4.88 Å². The number of hydrogen-bond donors (Lipinski definition) is 1. The van der Waals surface area contributed by atoms with Gasteiger partial charge in [-0.3, -0.25) is 4.79 Å². The molecule has 1 saturated heterocycles. The first-order chi connectivity index (χ1) is 10.9. The quantitative estimate of drug-likeness (QED) is 0.778. The van der Waals surface area contributed by atoms with Crippen LogP contribution in [0.2, 0.25) is 0 Å². The molecule has 1 aliphatic rings. The zero-order chi connectivity index (χ0) is 16.9. The summed E-state index contributed by atoms with van der Waals surface area (Å²) in [5.74, 6) is -0.400. The van der Waals surface area contributed by atoms with E-state index in [1.54, 1.807) is 6.08 Å². The van der Waals surface area contributed by atoms with Crippen molar-refractivity contribution >= 4 is 33.3 Å². The minimum atomic E-state index is -3.39. The average molecular weight is 358 g/mol. The van der Waals surface area contributed by atoms with Crippen molar-refractivity contribution in [1.82, 2.24) is 9.62 Å². The fourth-order valence-corrected chi connectivity index (χ4v) is 4.50. The van der Waals surface area contributed by atoms with Crippen LogP contribution < -0.4 is 5.32 Å². The lowest BCUT2D eigenvalue weighted by Gasteiger charge is -2.34. The minimum absolute atomic E-state index is 0.0933. The summed E-state index contributed by atoms with van der Waals surface area (Å²) in [6.07, 6.45) is 2.89. The van der Waals surface area contributed by atoms with Crippen LogP contribution in [0.5, 0.6) is 0 Å². The van der Waals surface area contributed by atoms with Crippen LogP contribution in [0.4, 0.5) is 0 Å². The third kappa shape index (κ3) is 5.72. The van der Waals surface area contributed by atoms with Crippen molar-refractivity contribution in [3.8, 4) is 0 Å². The lowest BCUT2D eigenvalue weighted by molar-refractivity contribution is -0.116. The van der Waals surface area contributed by atoms with E-state index in [0.29, 0.717) is 13.1 Å². The molecule has 128 valence electrons. The number of hydrogen-bond acceptors (Lipinski definition) is 5. The molecule has 0 radical (unpaired) electrons. The molecule has 2 atom stereocenters. The Bertz CT molecular complexity index is 630. The molecule has 0 aromatic carbocycles. The molecule has 0 spiro atoms. The maximum Gasteiger partial charge on any atom is 0.244 e. The minimum Gasteiger partial charge on any atom is -0.373 e. The summed E-state index contributed by atoms with van der Waals surface area (Å²) in [5.41, 5.74) is 0. The van der Waals surface area contributed by atoms with Gasteiger partial charge in [0, 0.05) is 30.6 Å². The van der Waals surface area contributed by atoms with Crippen LogP contribution in [0.25, 0.3) is 6.08 Å². The van der Waals surface area contributed by atoms with Gasteiger partial charge in [-0.15, -0.1) is 11.3 Å². The predicted octanol–water partition coefficient (Wildman–Crippen LogP) is 1.32. The highest BCUT2D eigenvalue weighted by Gasteiger charge is 2.30. The summed E-state index contributed by atoms with van der Waals surface area (Å²) in [7, 11) is -3.39. The molecule has 0 saturated carbocycles. The summed E-state index contributed by atoms with van der Waals surface area (Å²) in [6.45, 7) is 4.53. The smallest absolute Gasteiger partial charge is 0.244 e. The van der Waals surface area contributed by atoms with E-state index in [9.17, 15) is 13.2 Å². The lowest BCUT2D eigenvalue weighted by atomic mass is 10.3. The Balaban J connectivity index is 1.79. The maximum absolute atomic E-state index is 12.3. The van der Waals surface area contributed by atoms with Crippen molar-refractivity contribution in [1.29, 1.82) is 0 Å². The van der Waals surface area contributed by atoms with Gasteiger partial charge in [-0.1, -0.05) is 6.07 Å². The van der Waals surface area contributed by atoms with Crippen molar-refractivity contribution in [2.24, 2.45) is 0 Å². The first-order valence-corrected chi connectivity index (χ1v) is 9.98. The fraction of sp³-hybridized carbons (Fsp3) is 0.533. The van der Waals surface area contributed by atoms with Crippen molar-refractivity contribution in [2.75, 3.05) is 25.4 Å². The van der Waals surface area contributed by atoms with Crippen LogP contribution in [-0.2, 0) is 19.6 Å². The Kier molecular flexibility index (Phi) is 6.34. The predicted molar refractivity (Wildman–Crippen MR) is 91.7 cm³/mol. The van der Waals surface area contributed by atoms with Crippen molar-refractivity contribution in [2.45, 2.75) is 26.1 Å². The maximum atomic E-state index is 12.3. The molecule has 2 unspecified atom stereocenters. The molecule has 1 fully saturated rings. The van der Waals surface area contributed by atoms with Crippen LogP contribution in [0.1, 0.15) is 18.7 Å². The number of rotatable bonds is 6. The third-order valence-electron chi connectivity index (χ3n) is 3.38. The van der Waals surface area contributed by atoms with Gasteiger partial charge in [0.05, 0.1) is 18.0 Å². The molecule has 1 N–H and O–H groups in total. The van der Waals surface area contributed by atoms with E-state index < -0.39 is 10.0 Å². The zero-order valence-electron chi connectivity index (χ0n) is 13.3. The van der Waals surface area contributed by atoms with Gasteiger partial charge in [0.25, 0.3) is 0 Å². The topological polar surface area (TPSA) is 75.7 Å². The summed E-state index contributed by atoms with van der Waals surface area (Å²) in [4.78, 5) is 12.7. The monoisotopic (exact) mass is 358 g/mol. The first-order valence-electron chi connectivity index (χ1n) is 7.49. The molecule has 0 aliphatic carbocycles. The molecular weight excluding hydrogens is 336 g/mol. The summed E-state index contributed by atoms with van der Waals surface area (Å²) >= 11 is 1.53. The largest absolute Gasteiger partial charge is 0.373 e. The number of carbonyl (C=O) groups is 1. The molecule has 8 heteroatoms. The van der Waals surface area contributed by atoms with Crippen LogP contribution in [-0.4, -0.2) is 56.2 Å². The second-order valence-electron chi connectivity index (χ2n) is 5.53. The van der Waals surface area contributed by atoms with Crippen LogP contribution >= 0.6 is 11.3 Å². The Labute approximate surface area is 141 Å². The van der Waals surface area contributed by atoms with Gasteiger partial charge < -0.3 is 10.1 Å². The van der Waals surface area contributed by atoms with Gasteiger partial charge >= 0.3 is 0 Å². The molecule has 1 aromatic heterocycles. The van der Waals surface area contributed by atoms with E-state index >= 15 is 0 Å². The van der Waals surface area contributed by atoms with Gasteiger partial charge in [-0.05, 0) is 31.4 Å². The molecule has 1 amide bonds. The molecule has 2 rings (SSSR count). The highest BCUT2D eigenvalue weighted by Crippen LogP contribution is 2.14. The van der Waals surface area contributed by atoms with E-state index in [1.165, 1.54) is 21.7 Å². The molecule has 1 aliphatic heterocycles. The fourth-order valence-electron chi connectivity index (χ4n) is 2.39. The normalized spacial score (nSPS) is 23.2. The number of nitrogens with zero attached hydrogens (tertiary/aromatic N) is 1. The van der Waals surface area contributed by atoms with Crippen molar-refractivity contribution in [3.05, 3.63) is 28.5 Å². The Morgan fingerprint density at radius 3 is 2.74 bits per heavy atom. The lowest BCUT2D eigenvalue weighted by Crippen LogP contribution is -2.49. The summed E-state index contributed by atoms with van der Waals surface area (Å²) < 4.78 is 31.6. The summed E-state index contributed by atoms with van der Waals surface area (Å²) in [5, 5.41) is 4.53. The third-order valence-corrected chi connectivity index (χ3v) is 6.02. The Morgan fingerprint density at radius 2 is 2.13 bits per heavy atom. The van der Waals surface area contributed by atoms with E-state index in [-0.39, 0.29) is 30.4 Å². The highest BCUT2D eigenvalue weighted by atomic mass is 32.2. The Hall–Kier alpha value is -1.22. The van der Waals surface area contributed by atoms with E-state index in [2.05, 4.69) is 5.32 Å². The number of nitrogens with one attached hydrogen (secondary N) is 1. The van der Waals surface area contributed by atoms with E-state index in [4.69, 9.17) is 4.74 Å². The van der Waals surface area contributed by atoms with Crippen LogP contribution in [0, 0.1) is 0 Å². The standard InChI is InChI=1S/C15H22N2O4S2/c1-12-10-17(11-13(2)21-12)23(19,20)9-7-16-15(18)6-5-14-4-3-8-22-14/h3-6,8,12-13H,7,9-11H2,1-2H3,(H,16,18). The Morgan fingerprint density at radius 1 is 1.43 bits per heavy atom.